The fraction of sp³-hybridized carbons (Fsp3) is 0.400. The number of amides is 1. The summed E-state index contributed by atoms with van der Waals surface area (Å²) in [6, 6.07) is 4.21. The van der Waals surface area contributed by atoms with Crippen LogP contribution in [0.2, 0.25) is 10.0 Å². The van der Waals surface area contributed by atoms with Gasteiger partial charge in [0, 0.05) is 35.2 Å². The van der Waals surface area contributed by atoms with E-state index in [-0.39, 0.29) is 46.2 Å². The summed E-state index contributed by atoms with van der Waals surface area (Å²) in [5.74, 6) is -0.297. The molecule has 26 heavy (non-hydrogen) atoms. The van der Waals surface area contributed by atoms with Gasteiger partial charge in [0.2, 0.25) is 10.0 Å². The number of piperazine rings is 1. The summed E-state index contributed by atoms with van der Waals surface area (Å²) in [6.45, 7) is 4.12. The smallest absolute Gasteiger partial charge is 0.276 e. The van der Waals surface area contributed by atoms with Gasteiger partial charge < -0.3 is 4.90 Å². The van der Waals surface area contributed by atoms with E-state index < -0.39 is 15.6 Å². The zero-order valence-corrected chi connectivity index (χ0v) is 16.4. The Kier molecular flexibility index (Phi) is 5.00. The van der Waals surface area contributed by atoms with Crippen molar-refractivity contribution in [1.29, 1.82) is 0 Å². The van der Waals surface area contributed by atoms with Crippen LogP contribution in [-0.4, -0.2) is 64.1 Å². The number of hydrogen-bond donors (Lipinski definition) is 1. The lowest BCUT2D eigenvalue weighted by Crippen LogP contribution is -2.61. The monoisotopic (exact) mass is 417 g/mol. The Labute approximate surface area is 161 Å². The highest BCUT2D eigenvalue weighted by Gasteiger charge is 2.43. The molecule has 8 nitrogen and oxygen atoms in total. The molecule has 1 aromatic heterocycles. The van der Waals surface area contributed by atoms with Crippen molar-refractivity contribution < 1.29 is 13.2 Å². The minimum Gasteiger partial charge on any atom is -0.334 e. The number of nitrogens with zero attached hydrogens (tertiary/aromatic N) is 4. The van der Waals surface area contributed by atoms with Crippen molar-refractivity contribution in [2.24, 2.45) is 0 Å². The third kappa shape index (κ3) is 3.57. The van der Waals surface area contributed by atoms with Crippen molar-refractivity contribution >= 4 is 39.1 Å². The van der Waals surface area contributed by atoms with Gasteiger partial charge in [-0.1, -0.05) is 28.4 Å². The molecule has 0 bridgehead atoms. The highest BCUT2D eigenvalue weighted by Crippen LogP contribution is 2.31. The molecule has 0 spiro atoms. The van der Waals surface area contributed by atoms with Gasteiger partial charge in [-0.15, -0.1) is 5.10 Å². The van der Waals surface area contributed by atoms with Crippen LogP contribution in [0.3, 0.4) is 0 Å². The number of H-pyrrole nitrogens is 1. The van der Waals surface area contributed by atoms with E-state index in [1.807, 2.05) is 0 Å². The zero-order valence-electron chi connectivity index (χ0n) is 14.1. The first kappa shape index (κ1) is 19.1. The van der Waals surface area contributed by atoms with Crippen LogP contribution in [0.1, 0.15) is 24.3 Å². The maximum Gasteiger partial charge on any atom is 0.276 e. The van der Waals surface area contributed by atoms with Crippen molar-refractivity contribution in [2.45, 2.75) is 24.3 Å². The average molecular weight is 418 g/mol. The predicted octanol–water partition coefficient (Wildman–Crippen LogP) is 2.04. The van der Waals surface area contributed by atoms with Crippen LogP contribution in [0.5, 0.6) is 0 Å². The standard InChI is InChI=1S/C15H17Cl2N5O3S/c1-15(2)9-21(14(23)13-8-18-20-19-13)3-4-22(15)26(24,25)12-6-10(16)5-11(17)7-12/h5-8H,3-4,9H2,1-2H3,(H,18,19,20). The number of halogens is 2. The first-order valence-electron chi connectivity index (χ1n) is 7.76. The van der Waals surface area contributed by atoms with E-state index in [2.05, 4.69) is 15.4 Å². The lowest BCUT2D eigenvalue weighted by atomic mass is 10.0. The second-order valence-electron chi connectivity index (χ2n) is 6.58. The van der Waals surface area contributed by atoms with Crippen LogP contribution in [0.4, 0.5) is 0 Å². The van der Waals surface area contributed by atoms with Gasteiger partial charge >= 0.3 is 0 Å². The number of hydrogen-bond acceptors (Lipinski definition) is 5. The number of carbonyl (C=O) groups is 1. The van der Waals surface area contributed by atoms with E-state index >= 15 is 0 Å². The van der Waals surface area contributed by atoms with Crippen LogP contribution in [0.15, 0.2) is 29.3 Å². The topological polar surface area (TPSA) is 99.3 Å². The van der Waals surface area contributed by atoms with E-state index in [0.717, 1.165) is 0 Å². The Bertz CT molecular complexity index is 911. The molecule has 1 saturated heterocycles. The second-order valence-corrected chi connectivity index (χ2v) is 9.32. The molecule has 3 rings (SSSR count). The number of nitrogens with one attached hydrogen (secondary N) is 1. The average Bonchev–Trinajstić information content (AvgIpc) is 3.06. The molecule has 1 fully saturated rings. The number of sulfonamides is 1. The van der Waals surface area contributed by atoms with E-state index in [1.165, 1.54) is 28.7 Å². The number of carbonyl (C=O) groups excluding carboxylic acids is 1. The molecule has 0 unspecified atom stereocenters. The van der Waals surface area contributed by atoms with Crippen molar-refractivity contribution in [3.05, 3.63) is 40.1 Å². The molecule has 2 heterocycles. The molecule has 2 aromatic rings. The minimum absolute atomic E-state index is 0.0272. The van der Waals surface area contributed by atoms with Crippen LogP contribution in [-0.2, 0) is 10.0 Å². The molecule has 0 radical (unpaired) electrons. The molecule has 1 aromatic carbocycles. The lowest BCUT2D eigenvalue weighted by Gasteiger charge is -2.45. The molecule has 1 aliphatic rings. The lowest BCUT2D eigenvalue weighted by molar-refractivity contribution is 0.0489. The van der Waals surface area contributed by atoms with Gasteiger partial charge in [-0.3, -0.25) is 9.89 Å². The van der Waals surface area contributed by atoms with Crippen molar-refractivity contribution in [3.63, 3.8) is 0 Å². The van der Waals surface area contributed by atoms with E-state index in [1.54, 1.807) is 18.7 Å². The fourth-order valence-corrected chi connectivity index (χ4v) is 5.52. The molecular weight excluding hydrogens is 401 g/mol. The Hall–Kier alpha value is -1.68. The molecule has 1 aliphatic heterocycles. The van der Waals surface area contributed by atoms with Gasteiger partial charge in [-0.05, 0) is 32.0 Å². The Balaban J connectivity index is 1.87. The first-order valence-corrected chi connectivity index (χ1v) is 9.95. The quantitative estimate of drug-likeness (QED) is 0.823. The number of benzene rings is 1. The zero-order chi connectivity index (χ0) is 19.1. The Morgan fingerprint density at radius 1 is 1.19 bits per heavy atom. The van der Waals surface area contributed by atoms with Gasteiger partial charge in [-0.25, -0.2) is 8.42 Å². The normalized spacial score (nSPS) is 18.1. The largest absolute Gasteiger partial charge is 0.334 e. The van der Waals surface area contributed by atoms with Crippen LogP contribution in [0.25, 0.3) is 0 Å². The maximum absolute atomic E-state index is 13.1. The highest BCUT2D eigenvalue weighted by atomic mass is 35.5. The Morgan fingerprint density at radius 3 is 2.38 bits per heavy atom. The Morgan fingerprint density at radius 2 is 1.85 bits per heavy atom. The number of aromatic nitrogens is 3. The molecule has 0 aliphatic carbocycles. The molecule has 11 heteroatoms. The van der Waals surface area contributed by atoms with Crippen molar-refractivity contribution in [3.8, 4) is 0 Å². The van der Waals surface area contributed by atoms with Gasteiger partial charge in [-0.2, -0.15) is 4.31 Å². The molecule has 140 valence electrons. The van der Waals surface area contributed by atoms with E-state index in [0.29, 0.717) is 0 Å². The summed E-state index contributed by atoms with van der Waals surface area (Å²) in [7, 11) is -3.83. The summed E-state index contributed by atoms with van der Waals surface area (Å²) in [4.78, 5) is 14.1. The summed E-state index contributed by atoms with van der Waals surface area (Å²) in [5.41, 5.74) is -0.635. The van der Waals surface area contributed by atoms with Crippen molar-refractivity contribution in [1.82, 2.24) is 24.6 Å². The van der Waals surface area contributed by atoms with Crippen LogP contribution in [0, 0.1) is 0 Å². The first-order chi connectivity index (χ1) is 12.1. The van der Waals surface area contributed by atoms with E-state index in [4.69, 9.17) is 23.2 Å². The second kappa shape index (κ2) is 6.80. The molecule has 1 N–H and O–H groups in total. The van der Waals surface area contributed by atoms with Gasteiger partial charge in [0.1, 0.15) is 0 Å². The third-order valence-electron chi connectivity index (χ3n) is 4.17. The molecule has 0 saturated carbocycles. The maximum atomic E-state index is 13.1. The molecule has 1 amide bonds. The van der Waals surface area contributed by atoms with Crippen LogP contribution < -0.4 is 0 Å². The summed E-state index contributed by atoms with van der Waals surface area (Å²) in [6.07, 6.45) is 1.41. The van der Waals surface area contributed by atoms with Crippen LogP contribution >= 0.6 is 23.2 Å². The minimum atomic E-state index is -3.83. The predicted molar refractivity (Wildman–Crippen MR) is 96.7 cm³/mol. The summed E-state index contributed by atoms with van der Waals surface area (Å²) >= 11 is 11.9. The molecular formula is C15H17Cl2N5O3S. The summed E-state index contributed by atoms with van der Waals surface area (Å²) < 4.78 is 27.6. The summed E-state index contributed by atoms with van der Waals surface area (Å²) in [5, 5.41) is 10.2. The van der Waals surface area contributed by atoms with Gasteiger partial charge in [0.25, 0.3) is 5.91 Å². The number of rotatable bonds is 3. The SMILES string of the molecule is CC1(C)CN(C(=O)c2c[nH]nn2)CCN1S(=O)(=O)c1cc(Cl)cc(Cl)c1. The van der Waals surface area contributed by atoms with E-state index in [9.17, 15) is 13.2 Å². The fourth-order valence-electron chi connectivity index (χ4n) is 3.03. The van der Waals surface area contributed by atoms with Crippen molar-refractivity contribution in [2.75, 3.05) is 19.6 Å². The third-order valence-corrected chi connectivity index (χ3v) is 6.70. The number of aromatic amines is 1. The van der Waals surface area contributed by atoms with Gasteiger partial charge in [0.15, 0.2) is 5.69 Å². The molecule has 0 atom stereocenters. The van der Waals surface area contributed by atoms with Gasteiger partial charge in [0.05, 0.1) is 11.1 Å². The highest BCUT2D eigenvalue weighted by molar-refractivity contribution is 7.89.